The molecule has 2 fully saturated rings. The molecule has 2 aliphatic heterocycles. The minimum atomic E-state index is -0.367. The monoisotopic (exact) mass is 393 g/mol. The van der Waals surface area contributed by atoms with Crippen molar-refractivity contribution in [2.75, 3.05) is 26.7 Å². The zero-order chi connectivity index (χ0) is 20.3. The number of hydrogen-bond acceptors (Lipinski definition) is 4. The Bertz CT molecular complexity index is 848. The van der Waals surface area contributed by atoms with Crippen LogP contribution in [0.4, 0.5) is 0 Å². The van der Waals surface area contributed by atoms with E-state index in [-0.39, 0.29) is 30.1 Å². The first-order valence-electron chi connectivity index (χ1n) is 10.1. The number of carbonyl (C=O) groups is 2. The highest BCUT2D eigenvalue weighted by Crippen LogP contribution is 2.32. The maximum Gasteiger partial charge on any atom is 0.260 e. The standard InChI is InChI=1S/C23H27N3O3/c1-25-22(28)20(16-18-8-4-2-5-9-18)24-23(25)12-14-26(15-13-23)21(27)17-29-19-10-6-3-7-11-19/h2-11,20,24H,12-17H2,1H3. The number of likely N-dealkylation sites (N-methyl/N-ethyl adjacent to an activating group) is 1. The molecule has 1 N–H and O–H groups in total. The van der Waals surface area contributed by atoms with E-state index in [1.165, 1.54) is 0 Å². The van der Waals surface area contributed by atoms with E-state index >= 15 is 0 Å². The van der Waals surface area contributed by atoms with Gasteiger partial charge in [-0.05, 0) is 24.1 Å². The zero-order valence-corrected chi connectivity index (χ0v) is 16.7. The topological polar surface area (TPSA) is 61.9 Å². The molecule has 2 heterocycles. The van der Waals surface area contributed by atoms with E-state index in [0.29, 0.717) is 25.3 Å². The van der Waals surface area contributed by atoms with Gasteiger partial charge in [0.2, 0.25) is 5.91 Å². The molecule has 4 rings (SSSR count). The molecule has 1 unspecified atom stereocenters. The van der Waals surface area contributed by atoms with Gasteiger partial charge in [0.1, 0.15) is 5.75 Å². The van der Waals surface area contributed by atoms with Crippen LogP contribution in [-0.2, 0) is 16.0 Å². The van der Waals surface area contributed by atoms with Crippen molar-refractivity contribution in [2.24, 2.45) is 0 Å². The molecular weight excluding hydrogens is 366 g/mol. The Morgan fingerprint density at radius 3 is 2.34 bits per heavy atom. The molecule has 0 aliphatic carbocycles. The number of hydrogen-bond donors (Lipinski definition) is 1. The summed E-state index contributed by atoms with van der Waals surface area (Å²) in [7, 11) is 1.87. The van der Waals surface area contributed by atoms with Gasteiger partial charge in [-0.15, -0.1) is 0 Å². The molecule has 152 valence electrons. The molecule has 6 heteroatoms. The first-order chi connectivity index (χ1) is 14.1. The lowest BCUT2D eigenvalue weighted by Crippen LogP contribution is -2.59. The molecule has 2 aliphatic rings. The van der Waals surface area contributed by atoms with Crippen molar-refractivity contribution in [3.8, 4) is 5.75 Å². The Hall–Kier alpha value is -2.86. The van der Waals surface area contributed by atoms with Crippen LogP contribution >= 0.6 is 0 Å². The average molecular weight is 393 g/mol. The minimum absolute atomic E-state index is 0.0171. The van der Waals surface area contributed by atoms with Crippen molar-refractivity contribution >= 4 is 11.8 Å². The second kappa shape index (κ2) is 8.25. The minimum Gasteiger partial charge on any atom is -0.484 e. The molecule has 0 aromatic heterocycles. The number of piperidine rings is 1. The lowest BCUT2D eigenvalue weighted by Gasteiger charge is -2.43. The lowest BCUT2D eigenvalue weighted by atomic mass is 9.96. The normalized spacial score (nSPS) is 20.9. The van der Waals surface area contributed by atoms with Crippen LogP contribution in [-0.4, -0.2) is 60.1 Å². The summed E-state index contributed by atoms with van der Waals surface area (Å²) in [4.78, 5) is 29.0. The fourth-order valence-electron chi connectivity index (χ4n) is 4.27. The predicted molar refractivity (Wildman–Crippen MR) is 110 cm³/mol. The quantitative estimate of drug-likeness (QED) is 0.845. The third kappa shape index (κ3) is 4.12. The zero-order valence-electron chi connectivity index (χ0n) is 16.7. The molecule has 2 aromatic rings. The van der Waals surface area contributed by atoms with Crippen LogP contribution in [0.25, 0.3) is 0 Å². The Morgan fingerprint density at radius 1 is 1.07 bits per heavy atom. The second-order valence-electron chi connectivity index (χ2n) is 7.80. The van der Waals surface area contributed by atoms with E-state index in [4.69, 9.17) is 4.74 Å². The van der Waals surface area contributed by atoms with Gasteiger partial charge >= 0.3 is 0 Å². The van der Waals surface area contributed by atoms with Gasteiger partial charge in [-0.2, -0.15) is 0 Å². The summed E-state index contributed by atoms with van der Waals surface area (Å²) in [6.45, 7) is 1.26. The molecule has 1 spiro atoms. The van der Waals surface area contributed by atoms with E-state index in [1.54, 1.807) is 0 Å². The highest BCUT2D eigenvalue weighted by atomic mass is 16.5. The SMILES string of the molecule is CN1C(=O)C(Cc2ccccc2)NC12CCN(C(=O)COc1ccccc1)CC2. The number of rotatable bonds is 5. The Balaban J connectivity index is 1.33. The van der Waals surface area contributed by atoms with Gasteiger partial charge in [0.05, 0.1) is 11.7 Å². The fourth-order valence-corrected chi connectivity index (χ4v) is 4.27. The highest BCUT2D eigenvalue weighted by Gasteiger charge is 2.49. The predicted octanol–water partition coefficient (Wildman–Crippen LogP) is 2.06. The number of ether oxygens (including phenoxy) is 1. The summed E-state index contributed by atoms with van der Waals surface area (Å²) in [5, 5.41) is 3.58. The number of benzene rings is 2. The van der Waals surface area contributed by atoms with Gasteiger partial charge in [0.25, 0.3) is 5.91 Å². The maximum atomic E-state index is 12.8. The summed E-state index contributed by atoms with van der Waals surface area (Å²) in [5.41, 5.74) is 0.780. The van der Waals surface area contributed by atoms with Crippen molar-refractivity contribution < 1.29 is 14.3 Å². The van der Waals surface area contributed by atoms with E-state index in [2.05, 4.69) is 5.32 Å². The summed E-state index contributed by atoms with van der Waals surface area (Å²) in [6, 6.07) is 19.2. The smallest absolute Gasteiger partial charge is 0.260 e. The van der Waals surface area contributed by atoms with Gasteiger partial charge in [-0.3, -0.25) is 14.9 Å². The number of nitrogens with one attached hydrogen (secondary N) is 1. The highest BCUT2D eigenvalue weighted by molar-refractivity contribution is 5.85. The molecule has 2 saturated heterocycles. The van der Waals surface area contributed by atoms with Crippen molar-refractivity contribution in [1.82, 2.24) is 15.1 Å². The van der Waals surface area contributed by atoms with Gasteiger partial charge < -0.3 is 14.5 Å². The summed E-state index contributed by atoms with van der Waals surface area (Å²) in [5.74, 6) is 0.804. The Morgan fingerprint density at radius 2 is 1.69 bits per heavy atom. The van der Waals surface area contributed by atoms with Crippen LogP contribution in [0.3, 0.4) is 0 Å². The van der Waals surface area contributed by atoms with Gasteiger partial charge in [-0.1, -0.05) is 48.5 Å². The number of para-hydroxylation sites is 1. The molecule has 6 nitrogen and oxygen atoms in total. The molecule has 1 atom stereocenters. The van der Waals surface area contributed by atoms with E-state index in [9.17, 15) is 9.59 Å². The maximum absolute atomic E-state index is 12.8. The van der Waals surface area contributed by atoms with Crippen molar-refractivity contribution in [3.63, 3.8) is 0 Å². The van der Waals surface area contributed by atoms with Crippen LogP contribution < -0.4 is 10.1 Å². The molecule has 0 bridgehead atoms. The second-order valence-corrected chi connectivity index (χ2v) is 7.80. The van der Waals surface area contributed by atoms with E-state index in [0.717, 1.165) is 18.4 Å². The number of carbonyl (C=O) groups excluding carboxylic acids is 2. The van der Waals surface area contributed by atoms with Crippen LogP contribution in [0.1, 0.15) is 18.4 Å². The molecule has 0 saturated carbocycles. The Labute approximate surface area is 171 Å². The van der Waals surface area contributed by atoms with Crippen LogP contribution in [0, 0.1) is 0 Å². The van der Waals surface area contributed by atoms with Crippen molar-refractivity contribution in [2.45, 2.75) is 31.0 Å². The van der Waals surface area contributed by atoms with Crippen LogP contribution in [0.5, 0.6) is 5.75 Å². The summed E-state index contributed by atoms with van der Waals surface area (Å²) in [6.07, 6.45) is 2.12. The Kier molecular flexibility index (Phi) is 5.53. The van der Waals surface area contributed by atoms with E-state index in [1.807, 2.05) is 77.5 Å². The average Bonchev–Trinajstić information content (AvgIpc) is 2.98. The van der Waals surface area contributed by atoms with E-state index < -0.39 is 0 Å². The molecule has 2 amide bonds. The van der Waals surface area contributed by atoms with Gasteiger partial charge in [0.15, 0.2) is 6.61 Å². The number of nitrogens with zero attached hydrogens (tertiary/aromatic N) is 2. The van der Waals surface area contributed by atoms with Crippen molar-refractivity contribution in [3.05, 3.63) is 66.2 Å². The van der Waals surface area contributed by atoms with Gasteiger partial charge in [-0.25, -0.2) is 0 Å². The number of likely N-dealkylation sites (tertiary alicyclic amines) is 1. The molecule has 2 aromatic carbocycles. The molecular formula is C23H27N3O3. The molecule has 0 radical (unpaired) electrons. The number of amides is 2. The molecule has 29 heavy (non-hydrogen) atoms. The van der Waals surface area contributed by atoms with Crippen LogP contribution in [0.2, 0.25) is 0 Å². The van der Waals surface area contributed by atoms with Crippen LogP contribution in [0.15, 0.2) is 60.7 Å². The third-order valence-electron chi connectivity index (χ3n) is 6.05. The largest absolute Gasteiger partial charge is 0.484 e. The third-order valence-corrected chi connectivity index (χ3v) is 6.05. The lowest BCUT2D eigenvalue weighted by molar-refractivity contribution is -0.137. The van der Waals surface area contributed by atoms with Crippen molar-refractivity contribution in [1.29, 1.82) is 0 Å². The fraction of sp³-hybridized carbons (Fsp3) is 0.391. The summed E-state index contributed by atoms with van der Waals surface area (Å²) < 4.78 is 5.59. The van der Waals surface area contributed by atoms with Gasteiger partial charge in [0, 0.05) is 33.0 Å². The first kappa shape index (κ1) is 19.5. The summed E-state index contributed by atoms with van der Waals surface area (Å²) >= 11 is 0. The first-order valence-corrected chi connectivity index (χ1v) is 10.1.